The smallest absolute Gasteiger partial charge is 0.0165 e. The average Bonchev–Trinajstić information content (AvgIpc) is 3.53. The van der Waals surface area contributed by atoms with Gasteiger partial charge in [-0.3, -0.25) is 0 Å². The fourth-order valence-electron chi connectivity index (χ4n) is 8.47. The molecule has 0 aliphatic heterocycles. The predicted octanol–water partition coefficient (Wildman–Crippen LogP) is 12.4. The number of rotatable bonds is 2. The highest BCUT2D eigenvalue weighted by Crippen LogP contribution is 2.53. The first-order valence-electron chi connectivity index (χ1n) is 15.9. The fraction of sp³-hybridized carbons (Fsp3) is 0.0667. The van der Waals surface area contributed by atoms with Crippen LogP contribution < -0.4 is 0 Å². The lowest BCUT2D eigenvalue weighted by molar-refractivity contribution is 0.666. The zero-order chi connectivity index (χ0) is 29.9. The lowest BCUT2D eigenvalue weighted by Gasteiger charge is -2.24. The summed E-state index contributed by atoms with van der Waals surface area (Å²) in [4.78, 5) is 0. The molecule has 2 aliphatic rings. The molecule has 45 heavy (non-hydrogen) atoms. The van der Waals surface area contributed by atoms with Crippen LogP contribution in [0.15, 0.2) is 146 Å². The third-order valence-electron chi connectivity index (χ3n) is 10.5. The van der Waals surface area contributed by atoms with Gasteiger partial charge in [0, 0.05) is 5.41 Å². The molecular formula is C45H30. The van der Waals surface area contributed by atoms with Crippen molar-refractivity contribution in [2.24, 2.45) is 0 Å². The maximum Gasteiger partial charge on any atom is 0.0165 e. The minimum Gasteiger partial charge on any atom is -0.0619 e. The van der Waals surface area contributed by atoms with Crippen LogP contribution in [0.25, 0.3) is 88.0 Å². The van der Waals surface area contributed by atoms with Crippen LogP contribution in [-0.2, 0) is 5.41 Å². The standard InChI is InChI=1S/C45H30/c1-45(2)42-17-8-7-14-36(42)41-26-39(35-13-5-6-15-38(35)44(41)45)30-21-20-27-22-29(19-18-28(27)23-30)32-24-31-10-9-16-37-33-11-3-4-12-34(33)40(25-32)43(31)37/h3-26H,1-2H3. The molecule has 0 bridgehead atoms. The Bertz CT molecular complexity index is 2560. The number of fused-ring (bicyclic) bond motifs is 9. The molecule has 0 amide bonds. The minimum atomic E-state index is -0.0321. The number of benzene rings is 8. The molecule has 10 rings (SSSR count). The highest BCUT2D eigenvalue weighted by molar-refractivity contribution is 6.16. The van der Waals surface area contributed by atoms with Crippen LogP contribution in [-0.4, -0.2) is 0 Å². The summed E-state index contributed by atoms with van der Waals surface area (Å²) < 4.78 is 0. The van der Waals surface area contributed by atoms with Gasteiger partial charge in [-0.25, -0.2) is 0 Å². The van der Waals surface area contributed by atoms with Crippen molar-refractivity contribution in [2.75, 3.05) is 0 Å². The Morgan fingerprint density at radius 3 is 1.80 bits per heavy atom. The van der Waals surface area contributed by atoms with Crippen LogP contribution in [0.2, 0.25) is 0 Å². The van der Waals surface area contributed by atoms with Crippen molar-refractivity contribution >= 4 is 32.3 Å². The molecule has 0 radical (unpaired) electrons. The van der Waals surface area contributed by atoms with E-state index >= 15 is 0 Å². The van der Waals surface area contributed by atoms with Gasteiger partial charge in [-0.2, -0.15) is 0 Å². The second-order valence-corrected chi connectivity index (χ2v) is 13.3. The molecule has 0 fully saturated rings. The zero-order valence-corrected chi connectivity index (χ0v) is 25.4. The summed E-state index contributed by atoms with van der Waals surface area (Å²) in [5, 5.41) is 7.89. The van der Waals surface area contributed by atoms with E-state index in [-0.39, 0.29) is 5.41 Å². The molecular weight excluding hydrogens is 540 g/mol. The molecule has 0 N–H and O–H groups in total. The molecule has 8 aromatic carbocycles. The van der Waals surface area contributed by atoms with E-state index < -0.39 is 0 Å². The van der Waals surface area contributed by atoms with Gasteiger partial charge in [0.1, 0.15) is 0 Å². The van der Waals surface area contributed by atoms with Crippen molar-refractivity contribution in [1.82, 2.24) is 0 Å². The van der Waals surface area contributed by atoms with Crippen LogP contribution in [0.1, 0.15) is 25.0 Å². The van der Waals surface area contributed by atoms with Crippen molar-refractivity contribution < 1.29 is 0 Å². The van der Waals surface area contributed by atoms with E-state index in [4.69, 9.17) is 0 Å². The van der Waals surface area contributed by atoms with Gasteiger partial charge >= 0.3 is 0 Å². The van der Waals surface area contributed by atoms with Gasteiger partial charge in [0.2, 0.25) is 0 Å². The van der Waals surface area contributed by atoms with Crippen molar-refractivity contribution in [2.45, 2.75) is 19.3 Å². The molecule has 8 aromatic rings. The zero-order valence-electron chi connectivity index (χ0n) is 25.4. The van der Waals surface area contributed by atoms with E-state index in [1.165, 1.54) is 99.1 Å². The summed E-state index contributed by atoms with van der Waals surface area (Å²) in [5.41, 5.74) is 16.0. The molecule has 0 aromatic heterocycles. The maximum absolute atomic E-state index is 2.45. The lowest BCUT2D eigenvalue weighted by atomic mass is 9.79. The first kappa shape index (κ1) is 24.9. The van der Waals surface area contributed by atoms with E-state index in [9.17, 15) is 0 Å². The molecule has 210 valence electrons. The highest BCUT2D eigenvalue weighted by Gasteiger charge is 2.37. The summed E-state index contributed by atoms with van der Waals surface area (Å²) in [7, 11) is 0. The molecule has 0 nitrogen and oxygen atoms in total. The second-order valence-electron chi connectivity index (χ2n) is 13.3. The van der Waals surface area contributed by atoms with Gasteiger partial charge in [-0.05, 0) is 129 Å². The first-order valence-corrected chi connectivity index (χ1v) is 15.9. The third-order valence-corrected chi connectivity index (χ3v) is 10.5. The third kappa shape index (κ3) is 3.37. The van der Waals surface area contributed by atoms with Crippen molar-refractivity contribution in [3.8, 4) is 55.6 Å². The van der Waals surface area contributed by atoms with Crippen molar-refractivity contribution in [3.63, 3.8) is 0 Å². The van der Waals surface area contributed by atoms with E-state index in [2.05, 4.69) is 159 Å². The molecule has 0 atom stereocenters. The SMILES string of the molecule is CC1(C)c2ccccc2-c2cc(-c3ccc4cc(-c5cc6c7c(cccc7c5)-c5ccccc5-6)ccc4c3)c3ccccc3c21. The largest absolute Gasteiger partial charge is 0.0619 e. The summed E-state index contributed by atoms with van der Waals surface area (Å²) in [6.07, 6.45) is 0. The topological polar surface area (TPSA) is 0 Å². The summed E-state index contributed by atoms with van der Waals surface area (Å²) in [6.45, 7) is 4.75. The van der Waals surface area contributed by atoms with Crippen LogP contribution in [0.5, 0.6) is 0 Å². The van der Waals surface area contributed by atoms with Gasteiger partial charge in [0.05, 0.1) is 0 Å². The van der Waals surface area contributed by atoms with Crippen molar-refractivity contribution in [1.29, 1.82) is 0 Å². The van der Waals surface area contributed by atoms with Gasteiger partial charge < -0.3 is 0 Å². The molecule has 2 aliphatic carbocycles. The first-order chi connectivity index (χ1) is 22.1. The Balaban J connectivity index is 1.12. The average molecular weight is 571 g/mol. The molecule has 0 spiro atoms. The Morgan fingerprint density at radius 2 is 0.978 bits per heavy atom. The van der Waals surface area contributed by atoms with Gasteiger partial charge in [-0.1, -0.05) is 129 Å². The van der Waals surface area contributed by atoms with Gasteiger partial charge in [-0.15, -0.1) is 0 Å². The van der Waals surface area contributed by atoms with Crippen LogP contribution in [0.3, 0.4) is 0 Å². The van der Waals surface area contributed by atoms with Crippen LogP contribution in [0.4, 0.5) is 0 Å². The summed E-state index contributed by atoms with van der Waals surface area (Å²) >= 11 is 0. The monoisotopic (exact) mass is 570 g/mol. The maximum atomic E-state index is 2.45. The normalized spacial score (nSPS) is 13.7. The van der Waals surface area contributed by atoms with Crippen LogP contribution >= 0.6 is 0 Å². The minimum absolute atomic E-state index is 0.0321. The molecule has 0 heteroatoms. The second kappa shape index (κ2) is 8.80. The molecule has 0 heterocycles. The predicted molar refractivity (Wildman–Crippen MR) is 192 cm³/mol. The van der Waals surface area contributed by atoms with E-state index in [0.29, 0.717) is 0 Å². The van der Waals surface area contributed by atoms with Gasteiger partial charge in [0.25, 0.3) is 0 Å². The van der Waals surface area contributed by atoms with E-state index in [0.717, 1.165) is 0 Å². The molecule has 0 unspecified atom stereocenters. The quantitative estimate of drug-likeness (QED) is 0.194. The summed E-state index contributed by atoms with van der Waals surface area (Å²) in [6, 6.07) is 54.6. The molecule has 0 saturated carbocycles. The number of hydrogen-bond donors (Lipinski definition) is 0. The molecule has 0 saturated heterocycles. The van der Waals surface area contributed by atoms with Crippen molar-refractivity contribution in [3.05, 3.63) is 157 Å². The highest BCUT2D eigenvalue weighted by atomic mass is 14.4. The van der Waals surface area contributed by atoms with Gasteiger partial charge in [0.15, 0.2) is 0 Å². The van der Waals surface area contributed by atoms with E-state index in [1.54, 1.807) is 0 Å². The fourth-order valence-corrected chi connectivity index (χ4v) is 8.47. The Labute approximate surface area is 263 Å². The Hall–Kier alpha value is -5.46. The summed E-state index contributed by atoms with van der Waals surface area (Å²) in [5.74, 6) is 0. The van der Waals surface area contributed by atoms with Crippen LogP contribution in [0, 0.1) is 0 Å². The Kier molecular flexibility index (Phi) is 4.88. The Morgan fingerprint density at radius 1 is 0.356 bits per heavy atom. The lowest BCUT2D eigenvalue weighted by Crippen LogP contribution is -2.15. The van der Waals surface area contributed by atoms with E-state index in [1.807, 2.05) is 0 Å². The number of hydrogen-bond acceptors (Lipinski definition) is 0.